The first-order chi connectivity index (χ1) is 9.35. The van der Waals surface area contributed by atoms with Gasteiger partial charge in [0.25, 0.3) is 0 Å². The van der Waals surface area contributed by atoms with Crippen LogP contribution in [-0.2, 0) is 6.42 Å². The summed E-state index contributed by atoms with van der Waals surface area (Å²) in [7, 11) is 0. The number of hydrogen-bond donors (Lipinski definition) is 1. The fraction of sp³-hybridized carbons (Fsp3) is 0.667. The summed E-state index contributed by atoms with van der Waals surface area (Å²) >= 11 is 0. The Hall–Kier alpha value is -0.820. The van der Waals surface area contributed by atoms with Crippen LogP contribution in [0.25, 0.3) is 0 Å². The Kier molecular flexibility index (Phi) is 3.93. The molecule has 19 heavy (non-hydrogen) atoms. The molecule has 0 amide bonds. The SMILES string of the molecule is CCCNC(c1cccc(CC)c1)C1C2CCCC21. The average Bonchev–Trinajstić information content (AvgIpc) is 2.92. The Morgan fingerprint density at radius 3 is 2.68 bits per heavy atom. The van der Waals surface area contributed by atoms with Gasteiger partial charge in [0, 0.05) is 6.04 Å². The standard InChI is InChI=1S/C18H27N/c1-3-11-19-18(17-15-9-6-10-16(15)17)14-8-5-7-13(4-2)12-14/h5,7-8,12,15-19H,3-4,6,9-11H2,1-2H3. The van der Waals surface area contributed by atoms with Gasteiger partial charge in [0.15, 0.2) is 0 Å². The Morgan fingerprint density at radius 1 is 1.21 bits per heavy atom. The molecule has 0 radical (unpaired) electrons. The number of fused-ring (bicyclic) bond motifs is 1. The minimum absolute atomic E-state index is 0.613. The molecule has 2 fully saturated rings. The summed E-state index contributed by atoms with van der Waals surface area (Å²) in [6, 6.07) is 9.88. The summed E-state index contributed by atoms with van der Waals surface area (Å²) in [5.74, 6) is 2.98. The molecule has 0 heterocycles. The Labute approximate surface area is 117 Å². The van der Waals surface area contributed by atoms with Crippen molar-refractivity contribution in [3.63, 3.8) is 0 Å². The van der Waals surface area contributed by atoms with E-state index >= 15 is 0 Å². The molecule has 0 bridgehead atoms. The smallest absolute Gasteiger partial charge is 0.0354 e. The van der Waals surface area contributed by atoms with Crippen LogP contribution in [0.15, 0.2) is 24.3 Å². The van der Waals surface area contributed by atoms with Gasteiger partial charge in [0.1, 0.15) is 0 Å². The zero-order valence-electron chi connectivity index (χ0n) is 12.4. The molecular formula is C18H27N. The third-order valence-corrected chi connectivity index (χ3v) is 5.19. The number of rotatable bonds is 6. The monoisotopic (exact) mass is 257 g/mol. The fourth-order valence-electron chi connectivity index (χ4n) is 4.15. The maximum absolute atomic E-state index is 3.83. The van der Waals surface area contributed by atoms with Crippen molar-refractivity contribution >= 4 is 0 Å². The number of benzene rings is 1. The Morgan fingerprint density at radius 2 is 2.00 bits per heavy atom. The van der Waals surface area contributed by atoms with E-state index in [0.717, 1.165) is 30.7 Å². The molecule has 2 aliphatic rings. The van der Waals surface area contributed by atoms with Gasteiger partial charge in [-0.25, -0.2) is 0 Å². The lowest BCUT2D eigenvalue weighted by atomic mass is 9.95. The lowest BCUT2D eigenvalue weighted by Gasteiger charge is -2.21. The predicted molar refractivity (Wildman–Crippen MR) is 81.2 cm³/mol. The number of hydrogen-bond acceptors (Lipinski definition) is 1. The molecule has 3 unspecified atom stereocenters. The van der Waals surface area contributed by atoms with Gasteiger partial charge < -0.3 is 5.32 Å². The van der Waals surface area contributed by atoms with Crippen molar-refractivity contribution in [3.05, 3.63) is 35.4 Å². The number of aryl methyl sites for hydroxylation is 1. The van der Waals surface area contributed by atoms with E-state index in [2.05, 4.69) is 43.4 Å². The van der Waals surface area contributed by atoms with Gasteiger partial charge >= 0.3 is 0 Å². The van der Waals surface area contributed by atoms with Crippen LogP contribution < -0.4 is 5.32 Å². The van der Waals surface area contributed by atoms with Crippen molar-refractivity contribution in [2.75, 3.05) is 6.54 Å². The second-order valence-corrected chi connectivity index (χ2v) is 6.37. The highest BCUT2D eigenvalue weighted by Crippen LogP contribution is 2.62. The van der Waals surface area contributed by atoms with Crippen LogP contribution in [0.1, 0.15) is 56.7 Å². The molecule has 1 nitrogen and oxygen atoms in total. The molecule has 0 saturated heterocycles. The van der Waals surface area contributed by atoms with Crippen LogP contribution >= 0.6 is 0 Å². The van der Waals surface area contributed by atoms with Crippen molar-refractivity contribution in [1.29, 1.82) is 0 Å². The summed E-state index contributed by atoms with van der Waals surface area (Å²) in [5.41, 5.74) is 3.01. The summed E-state index contributed by atoms with van der Waals surface area (Å²) in [6.07, 6.45) is 6.80. The van der Waals surface area contributed by atoms with Crippen LogP contribution in [0.4, 0.5) is 0 Å². The van der Waals surface area contributed by atoms with E-state index in [4.69, 9.17) is 0 Å². The van der Waals surface area contributed by atoms with Gasteiger partial charge in [-0.2, -0.15) is 0 Å². The maximum atomic E-state index is 3.83. The highest BCUT2D eigenvalue weighted by Gasteiger charge is 2.55. The predicted octanol–water partition coefficient (Wildman–Crippen LogP) is 4.34. The van der Waals surface area contributed by atoms with Gasteiger partial charge in [-0.1, -0.05) is 44.5 Å². The van der Waals surface area contributed by atoms with Gasteiger partial charge in [-0.15, -0.1) is 0 Å². The molecule has 0 aromatic heterocycles. The highest BCUT2D eigenvalue weighted by atomic mass is 14.9. The third-order valence-electron chi connectivity index (χ3n) is 5.19. The van der Waals surface area contributed by atoms with Crippen LogP contribution in [0, 0.1) is 17.8 Å². The maximum Gasteiger partial charge on any atom is 0.0354 e. The zero-order chi connectivity index (χ0) is 13.2. The van der Waals surface area contributed by atoms with Gasteiger partial charge in [-0.05, 0) is 61.1 Å². The van der Waals surface area contributed by atoms with Crippen molar-refractivity contribution in [1.82, 2.24) is 5.32 Å². The van der Waals surface area contributed by atoms with Gasteiger partial charge in [0.05, 0.1) is 0 Å². The highest BCUT2D eigenvalue weighted by molar-refractivity contribution is 5.29. The van der Waals surface area contributed by atoms with Crippen LogP contribution in [-0.4, -0.2) is 6.54 Å². The molecule has 1 heteroatoms. The lowest BCUT2D eigenvalue weighted by Crippen LogP contribution is -2.25. The average molecular weight is 257 g/mol. The zero-order valence-corrected chi connectivity index (χ0v) is 12.4. The Balaban J connectivity index is 1.78. The largest absolute Gasteiger partial charge is 0.310 e. The molecule has 104 valence electrons. The van der Waals surface area contributed by atoms with Gasteiger partial charge in [0.2, 0.25) is 0 Å². The van der Waals surface area contributed by atoms with E-state index in [1.165, 1.54) is 36.8 Å². The molecule has 0 aliphatic heterocycles. The molecule has 1 aromatic carbocycles. The normalized spacial score (nSPS) is 30.1. The fourth-order valence-corrected chi connectivity index (χ4v) is 4.15. The molecule has 2 saturated carbocycles. The van der Waals surface area contributed by atoms with E-state index in [1.807, 2.05) is 0 Å². The summed E-state index contributed by atoms with van der Waals surface area (Å²) < 4.78 is 0. The molecule has 0 spiro atoms. The summed E-state index contributed by atoms with van der Waals surface area (Å²) in [6.45, 7) is 5.66. The first-order valence-corrected chi connectivity index (χ1v) is 8.17. The molecule has 3 rings (SSSR count). The molecule has 3 atom stereocenters. The summed E-state index contributed by atoms with van der Waals surface area (Å²) in [4.78, 5) is 0. The molecule has 2 aliphatic carbocycles. The first kappa shape index (κ1) is 13.2. The van der Waals surface area contributed by atoms with Crippen molar-refractivity contribution < 1.29 is 0 Å². The molecule has 1 aromatic rings. The van der Waals surface area contributed by atoms with Crippen LogP contribution in [0.3, 0.4) is 0 Å². The third kappa shape index (κ3) is 2.58. The topological polar surface area (TPSA) is 12.0 Å². The van der Waals surface area contributed by atoms with Crippen molar-refractivity contribution in [2.24, 2.45) is 17.8 Å². The van der Waals surface area contributed by atoms with E-state index in [9.17, 15) is 0 Å². The second-order valence-electron chi connectivity index (χ2n) is 6.37. The van der Waals surface area contributed by atoms with E-state index in [-0.39, 0.29) is 0 Å². The Bertz CT molecular complexity index is 415. The van der Waals surface area contributed by atoms with E-state index in [1.54, 1.807) is 0 Å². The van der Waals surface area contributed by atoms with E-state index < -0.39 is 0 Å². The van der Waals surface area contributed by atoms with Crippen molar-refractivity contribution in [2.45, 2.75) is 52.0 Å². The molecule has 1 N–H and O–H groups in total. The summed E-state index contributed by atoms with van der Waals surface area (Å²) in [5, 5.41) is 3.83. The number of nitrogens with one attached hydrogen (secondary N) is 1. The minimum Gasteiger partial charge on any atom is -0.310 e. The second kappa shape index (κ2) is 5.66. The van der Waals surface area contributed by atoms with Gasteiger partial charge in [-0.3, -0.25) is 0 Å². The quantitative estimate of drug-likeness (QED) is 0.799. The minimum atomic E-state index is 0.613. The molecular weight excluding hydrogens is 230 g/mol. The first-order valence-electron chi connectivity index (χ1n) is 8.17. The lowest BCUT2D eigenvalue weighted by molar-refractivity contribution is 0.417. The van der Waals surface area contributed by atoms with E-state index in [0.29, 0.717) is 6.04 Å². The van der Waals surface area contributed by atoms with Crippen molar-refractivity contribution in [3.8, 4) is 0 Å². The van der Waals surface area contributed by atoms with Crippen LogP contribution in [0.5, 0.6) is 0 Å². The van der Waals surface area contributed by atoms with Crippen LogP contribution in [0.2, 0.25) is 0 Å².